The molecule has 0 aliphatic heterocycles. The van der Waals surface area contributed by atoms with E-state index in [2.05, 4.69) is 203 Å². The lowest BCUT2D eigenvalue weighted by Crippen LogP contribution is -2.30. The summed E-state index contributed by atoms with van der Waals surface area (Å²) in [5.74, 6) is -0.949. The van der Waals surface area contributed by atoms with Gasteiger partial charge >= 0.3 is 17.9 Å². The van der Waals surface area contributed by atoms with Crippen LogP contribution in [0.3, 0.4) is 0 Å². The van der Waals surface area contributed by atoms with E-state index in [1.807, 2.05) is 0 Å². The highest BCUT2D eigenvalue weighted by atomic mass is 16.6. The number of esters is 3. The molecular formula is C77H120O6. The van der Waals surface area contributed by atoms with Gasteiger partial charge in [0.05, 0.1) is 0 Å². The van der Waals surface area contributed by atoms with Crippen LogP contribution >= 0.6 is 0 Å². The number of hydrogen-bond acceptors (Lipinski definition) is 6. The molecule has 6 heteroatoms. The Kier molecular flexibility index (Phi) is 64.4. The largest absolute Gasteiger partial charge is 0.462 e. The maximum atomic E-state index is 12.9. The van der Waals surface area contributed by atoms with Crippen LogP contribution in [0.2, 0.25) is 0 Å². The van der Waals surface area contributed by atoms with E-state index in [0.717, 1.165) is 180 Å². The third kappa shape index (κ3) is 67.2. The van der Waals surface area contributed by atoms with Crippen LogP contribution in [-0.2, 0) is 28.6 Å². The molecule has 0 rings (SSSR count). The van der Waals surface area contributed by atoms with Crippen LogP contribution in [0.15, 0.2) is 182 Å². The normalized spacial score (nSPS) is 13.3. The van der Waals surface area contributed by atoms with Crippen molar-refractivity contribution < 1.29 is 28.6 Å². The first-order valence-electron chi connectivity index (χ1n) is 33.3. The highest BCUT2D eigenvalue weighted by Crippen LogP contribution is 2.14. The standard InChI is InChI=1S/C77H120O6/c1-4-7-10-13-16-18-20-22-24-26-28-30-32-34-36-38-40-42-44-46-48-50-52-54-56-58-61-64-67-70-76(79)82-73-74(72-81-75(78)69-66-63-60-15-12-9-6-3)83-77(80)71-68-65-62-59-57-55-53-51-49-47-45-43-41-39-37-35-33-31-29-27-25-23-21-19-17-14-11-8-5-2/h7-8,10-11,16-19,22-25,28-31,34-37,40-43,46-49,52,54,74H,4-6,9,12-15,20-21,26-27,32-33,38-39,44-45,50-51,53,55-73H2,1-3H3/b10-7-,11-8-,18-16-,19-17-,24-22-,25-23-,30-28-,31-29-,36-34-,37-35-,42-40-,43-41-,48-46-,49-47-,54-52-. The van der Waals surface area contributed by atoms with Gasteiger partial charge in [-0.25, -0.2) is 0 Å². The van der Waals surface area contributed by atoms with E-state index >= 15 is 0 Å². The van der Waals surface area contributed by atoms with Gasteiger partial charge in [0.1, 0.15) is 13.2 Å². The van der Waals surface area contributed by atoms with Crippen LogP contribution < -0.4 is 0 Å². The Labute approximate surface area is 510 Å². The van der Waals surface area contributed by atoms with Crippen molar-refractivity contribution in [2.24, 2.45) is 0 Å². The molecule has 0 aliphatic carbocycles. The van der Waals surface area contributed by atoms with E-state index in [-0.39, 0.29) is 31.1 Å². The van der Waals surface area contributed by atoms with Crippen LogP contribution in [0.5, 0.6) is 0 Å². The summed E-state index contributed by atoms with van der Waals surface area (Å²) in [6.07, 6.45) is 103. The van der Waals surface area contributed by atoms with Crippen LogP contribution in [0.25, 0.3) is 0 Å². The predicted octanol–water partition coefficient (Wildman–Crippen LogP) is 23.2. The lowest BCUT2D eigenvalue weighted by molar-refractivity contribution is -0.167. The van der Waals surface area contributed by atoms with Gasteiger partial charge in [0.15, 0.2) is 6.10 Å². The average molecular weight is 1140 g/mol. The Balaban J connectivity index is 4.27. The van der Waals surface area contributed by atoms with Crippen molar-refractivity contribution in [3.63, 3.8) is 0 Å². The van der Waals surface area contributed by atoms with Crippen molar-refractivity contribution in [2.75, 3.05) is 13.2 Å². The molecule has 0 heterocycles. The minimum Gasteiger partial charge on any atom is -0.462 e. The molecule has 83 heavy (non-hydrogen) atoms. The molecule has 1 unspecified atom stereocenters. The second-order valence-corrected chi connectivity index (χ2v) is 21.3. The summed E-state index contributed by atoms with van der Waals surface area (Å²) in [7, 11) is 0. The van der Waals surface area contributed by atoms with Gasteiger partial charge in [-0.1, -0.05) is 287 Å². The van der Waals surface area contributed by atoms with E-state index in [4.69, 9.17) is 14.2 Å². The molecule has 0 aromatic carbocycles. The molecule has 0 N–H and O–H groups in total. The molecule has 0 fully saturated rings. The Hall–Kier alpha value is -5.49. The fourth-order valence-electron chi connectivity index (χ4n) is 8.50. The summed E-state index contributed by atoms with van der Waals surface area (Å²) in [5.41, 5.74) is 0. The van der Waals surface area contributed by atoms with Gasteiger partial charge in [-0.3, -0.25) is 14.4 Å². The first kappa shape index (κ1) is 77.5. The number of rotatable bonds is 58. The average Bonchev–Trinajstić information content (AvgIpc) is 3.49. The molecule has 1 atom stereocenters. The smallest absolute Gasteiger partial charge is 0.306 e. The Morgan fingerprint density at radius 3 is 0.735 bits per heavy atom. The number of carbonyl (C=O) groups excluding carboxylic acids is 3. The van der Waals surface area contributed by atoms with E-state index in [1.165, 1.54) is 44.9 Å². The molecule has 0 amide bonds. The Morgan fingerprint density at radius 2 is 0.470 bits per heavy atom. The third-order valence-electron chi connectivity index (χ3n) is 13.4. The topological polar surface area (TPSA) is 78.9 Å². The van der Waals surface area contributed by atoms with E-state index in [1.54, 1.807) is 0 Å². The molecule has 0 saturated heterocycles. The lowest BCUT2D eigenvalue weighted by Gasteiger charge is -2.18. The van der Waals surface area contributed by atoms with Gasteiger partial charge in [-0.15, -0.1) is 0 Å². The zero-order valence-electron chi connectivity index (χ0n) is 53.1. The molecule has 464 valence electrons. The SMILES string of the molecule is CC/C=C\C/C=C\C/C=C\C/C=C\C/C=C\C/C=C\C/C=C\C/C=C\CCCCCCC(=O)OCC(COC(=O)CCCCCCCCC)OC(=O)CCCCCCCCC/C=C\C/C=C\C/C=C\C/C=C\C/C=C\C/C=C\C/C=C\CC. The first-order chi connectivity index (χ1) is 41.0. The third-order valence-corrected chi connectivity index (χ3v) is 13.4. The summed E-state index contributed by atoms with van der Waals surface area (Å²) in [5, 5.41) is 0. The van der Waals surface area contributed by atoms with Crippen LogP contribution in [0, 0.1) is 0 Å². The van der Waals surface area contributed by atoms with Crippen molar-refractivity contribution in [2.45, 2.75) is 271 Å². The predicted molar refractivity (Wildman–Crippen MR) is 361 cm³/mol. The van der Waals surface area contributed by atoms with Gasteiger partial charge in [0.25, 0.3) is 0 Å². The van der Waals surface area contributed by atoms with Crippen LogP contribution in [0.4, 0.5) is 0 Å². The maximum absolute atomic E-state index is 12.9. The van der Waals surface area contributed by atoms with Gasteiger partial charge in [0, 0.05) is 19.3 Å². The summed E-state index contributed by atoms with van der Waals surface area (Å²) in [6.45, 7) is 6.33. The van der Waals surface area contributed by atoms with Crippen LogP contribution in [0.1, 0.15) is 265 Å². The van der Waals surface area contributed by atoms with Crippen molar-refractivity contribution in [1.29, 1.82) is 0 Å². The van der Waals surface area contributed by atoms with Crippen molar-refractivity contribution >= 4 is 17.9 Å². The number of allylic oxidation sites excluding steroid dienone is 30. The molecule has 0 radical (unpaired) electrons. The molecule has 0 saturated carbocycles. The fourth-order valence-corrected chi connectivity index (χ4v) is 8.50. The number of unbranched alkanes of at least 4 members (excludes halogenated alkanes) is 17. The Morgan fingerprint density at radius 1 is 0.253 bits per heavy atom. The number of carbonyl (C=O) groups is 3. The maximum Gasteiger partial charge on any atom is 0.306 e. The Bertz CT molecular complexity index is 1940. The van der Waals surface area contributed by atoms with Gasteiger partial charge in [-0.05, 0) is 141 Å². The van der Waals surface area contributed by atoms with Gasteiger partial charge < -0.3 is 14.2 Å². The van der Waals surface area contributed by atoms with Gasteiger partial charge in [0.2, 0.25) is 0 Å². The molecule has 0 aliphatic rings. The van der Waals surface area contributed by atoms with Crippen LogP contribution in [-0.4, -0.2) is 37.2 Å². The molecule has 6 nitrogen and oxygen atoms in total. The molecule has 0 aromatic rings. The molecule has 0 bridgehead atoms. The number of hydrogen-bond donors (Lipinski definition) is 0. The first-order valence-corrected chi connectivity index (χ1v) is 33.3. The van der Waals surface area contributed by atoms with Gasteiger partial charge in [-0.2, -0.15) is 0 Å². The second-order valence-electron chi connectivity index (χ2n) is 21.3. The number of ether oxygens (including phenoxy) is 3. The second kappa shape index (κ2) is 69.0. The fraction of sp³-hybridized carbons (Fsp3) is 0.571. The highest BCUT2D eigenvalue weighted by molar-refractivity contribution is 5.71. The summed E-state index contributed by atoms with van der Waals surface area (Å²) in [6, 6.07) is 0. The summed E-state index contributed by atoms with van der Waals surface area (Å²) < 4.78 is 16.8. The highest BCUT2D eigenvalue weighted by Gasteiger charge is 2.19. The lowest BCUT2D eigenvalue weighted by atomic mass is 10.1. The van der Waals surface area contributed by atoms with Crippen molar-refractivity contribution in [3.8, 4) is 0 Å². The minimum atomic E-state index is -0.803. The minimum absolute atomic E-state index is 0.0984. The van der Waals surface area contributed by atoms with Crippen molar-refractivity contribution in [1.82, 2.24) is 0 Å². The molecule has 0 aromatic heterocycles. The molecular weight excluding hydrogens is 1020 g/mol. The van der Waals surface area contributed by atoms with E-state index in [0.29, 0.717) is 19.3 Å². The van der Waals surface area contributed by atoms with Crippen molar-refractivity contribution in [3.05, 3.63) is 182 Å². The van der Waals surface area contributed by atoms with E-state index < -0.39 is 6.10 Å². The zero-order valence-corrected chi connectivity index (χ0v) is 53.1. The quantitative estimate of drug-likeness (QED) is 0.0261. The monoisotopic (exact) mass is 1140 g/mol. The zero-order chi connectivity index (χ0) is 59.9. The summed E-state index contributed by atoms with van der Waals surface area (Å²) in [4.78, 5) is 38.1. The van der Waals surface area contributed by atoms with E-state index in [9.17, 15) is 14.4 Å². The molecule has 0 spiro atoms. The summed E-state index contributed by atoms with van der Waals surface area (Å²) >= 11 is 0.